The molecule has 5 heteroatoms. The van der Waals surface area contributed by atoms with E-state index in [-0.39, 0.29) is 36.7 Å². The van der Waals surface area contributed by atoms with Gasteiger partial charge in [-0.2, -0.15) is 0 Å². The number of hydrogen-bond acceptors (Lipinski definition) is 3. The van der Waals surface area contributed by atoms with E-state index in [0.717, 1.165) is 37.1 Å². The zero-order chi connectivity index (χ0) is 22.5. The lowest BCUT2D eigenvalue weighted by Crippen LogP contribution is -2.68. The number of carbonyl (C=O) groups excluding carboxylic acids is 1. The van der Waals surface area contributed by atoms with Crippen LogP contribution in [0.25, 0.3) is 0 Å². The average Bonchev–Trinajstić information content (AvgIpc) is 2.77. The molecule has 2 saturated heterocycles. The van der Waals surface area contributed by atoms with Crippen molar-refractivity contribution >= 4 is 6.03 Å². The van der Waals surface area contributed by atoms with Gasteiger partial charge in [-0.15, -0.1) is 0 Å². The molecule has 2 N–H and O–H groups in total. The van der Waals surface area contributed by atoms with Crippen molar-refractivity contribution in [2.45, 2.75) is 50.7 Å². The fraction of sp³-hybridized carbons (Fsp3) is 0.444. The normalized spacial score (nSPS) is 23.2. The van der Waals surface area contributed by atoms with Gasteiger partial charge in [-0.1, -0.05) is 42.2 Å². The van der Waals surface area contributed by atoms with Crippen LogP contribution in [0.1, 0.15) is 49.3 Å². The Bertz CT molecular complexity index is 962. The van der Waals surface area contributed by atoms with Crippen molar-refractivity contribution in [2.75, 3.05) is 26.2 Å². The van der Waals surface area contributed by atoms with Crippen LogP contribution in [0.5, 0.6) is 0 Å². The number of urea groups is 1. The van der Waals surface area contributed by atoms with E-state index >= 15 is 0 Å². The first-order valence-corrected chi connectivity index (χ1v) is 11.7. The fourth-order valence-corrected chi connectivity index (χ4v) is 4.92. The molecule has 0 bridgehead atoms. The minimum Gasteiger partial charge on any atom is -0.395 e. The summed E-state index contributed by atoms with van der Waals surface area (Å²) in [6.45, 7) is 6.57. The van der Waals surface area contributed by atoms with E-state index in [2.05, 4.69) is 46.3 Å². The van der Waals surface area contributed by atoms with E-state index in [9.17, 15) is 9.90 Å². The van der Waals surface area contributed by atoms with Gasteiger partial charge in [0.2, 0.25) is 0 Å². The molecule has 2 heterocycles. The molecule has 0 unspecified atom stereocenters. The summed E-state index contributed by atoms with van der Waals surface area (Å²) in [7, 11) is 0. The second-order valence-electron chi connectivity index (χ2n) is 9.08. The van der Waals surface area contributed by atoms with Crippen LogP contribution in [-0.2, 0) is 0 Å². The third kappa shape index (κ3) is 4.98. The largest absolute Gasteiger partial charge is 0.395 e. The van der Waals surface area contributed by atoms with Gasteiger partial charge in [0, 0.05) is 48.3 Å². The van der Waals surface area contributed by atoms with Crippen LogP contribution < -0.4 is 5.32 Å². The van der Waals surface area contributed by atoms with E-state index < -0.39 is 0 Å². The van der Waals surface area contributed by atoms with Crippen molar-refractivity contribution < 1.29 is 9.90 Å². The molecule has 5 nitrogen and oxygen atoms in total. The average molecular weight is 432 g/mol. The standard InChI is InChI=1S/C27H33N3O2/c1-20(2)28-27(32)29-16-6-7-17-30-24(18-29)26(25(30)19-31)23-14-12-22(13-15-23)11-10-21-8-4-3-5-9-21/h3-5,8-9,12-15,20,24-26,31H,6-7,16-19H2,1-2H3,(H,28,32)/t24-,25-,26-/m1/s1. The molecular formula is C27H33N3O2. The topological polar surface area (TPSA) is 55.8 Å². The first-order valence-electron chi connectivity index (χ1n) is 11.7. The lowest BCUT2D eigenvalue weighted by Gasteiger charge is -2.57. The number of fused-ring (bicyclic) bond motifs is 1. The van der Waals surface area contributed by atoms with E-state index in [1.165, 1.54) is 5.56 Å². The molecule has 0 radical (unpaired) electrons. The number of nitrogens with one attached hydrogen (secondary N) is 1. The number of rotatable bonds is 3. The van der Waals surface area contributed by atoms with Gasteiger partial charge >= 0.3 is 6.03 Å². The third-order valence-electron chi connectivity index (χ3n) is 6.49. The molecule has 4 rings (SSSR count). The maximum Gasteiger partial charge on any atom is 0.317 e. The molecule has 32 heavy (non-hydrogen) atoms. The Hall–Kier alpha value is -2.81. The Balaban J connectivity index is 1.51. The van der Waals surface area contributed by atoms with Crippen LogP contribution >= 0.6 is 0 Å². The number of hydrogen-bond donors (Lipinski definition) is 2. The van der Waals surface area contributed by atoms with Gasteiger partial charge < -0.3 is 15.3 Å². The van der Waals surface area contributed by atoms with Gasteiger partial charge in [0.15, 0.2) is 0 Å². The third-order valence-corrected chi connectivity index (χ3v) is 6.49. The molecule has 0 aromatic heterocycles. The number of aliphatic hydroxyl groups excluding tert-OH is 1. The summed E-state index contributed by atoms with van der Waals surface area (Å²) >= 11 is 0. The van der Waals surface area contributed by atoms with Crippen molar-refractivity contribution in [2.24, 2.45) is 0 Å². The zero-order valence-electron chi connectivity index (χ0n) is 19.0. The van der Waals surface area contributed by atoms with E-state index in [4.69, 9.17) is 0 Å². The maximum atomic E-state index is 12.7. The first-order chi connectivity index (χ1) is 15.6. The molecule has 2 aromatic carbocycles. The molecule has 2 aliphatic rings. The van der Waals surface area contributed by atoms with Crippen molar-refractivity contribution in [1.82, 2.24) is 15.1 Å². The fourth-order valence-electron chi connectivity index (χ4n) is 4.92. The van der Waals surface area contributed by atoms with Gasteiger partial charge in [-0.05, 0) is 63.1 Å². The van der Waals surface area contributed by atoms with Crippen molar-refractivity contribution in [1.29, 1.82) is 0 Å². The monoisotopic (exact) mass is 431 g/mol. The summed E-state index contributed by atoms with van der Waals surface area (Å²) in [4.78, 5) is 17.1. The van der Waals surface area contributed by atoms with Crippen LogP contribution in [0.15, 0.2) is 54.6 Å². The molecule has 2 aromatic rings. The quantitative estimate of drug-likeness (QED) is 0.732. The number of aliphatic hydroxyl groups is 1. The van der Waals surface area contributed by atoms with Crippen molar-refractivity contribution in [3.8, 4) is 11.8 Å². The summed E-state index contributed by atoms with van der Waals surface area (Å²) in [5.74, 6) is 6.65. The van der Waals surface area contributed by atoms with E-state index in [1.807, 2.05) is 49.1 Å². The summed E-state index contributed by atoms with van der Waals surface area (Å²) in [6, 6.07) is 18.8. The Morgan fingerprint density at radius 2 is 1.69 bits per heavy atom. The lowest BCUT2D eigenvalue weighted by molar-refractivity contribution is -0.0591. The minimum atomic E-state index is 0.0135. The van der Waals surface area contributed by atoms with Crippen LogP contribution in [0.2, 0.25) is 0 Å². The Morgan fingerprint density at radius 3 is 2.34 bits per heavy atom. The molecular weight excluding hydrogens is 398 g/mol. The lowest BCUT2D eigenvalue weighted by atomic mass is 9.74. The second kappa shape index (κ2) is 10.2. The van der Waals surface area contributed by atoms with E-state index in [0.29, 0.717) is 6.54 Å². The molecule has 2 amide bonds. The highest BCUT2D eigenvalue weighted by Gasteiger charge is 2.49. The van der Waals surface area contributed by atoms with Gasteiger partial charge in [-0.25, -0.2) is 4.79 Å². The molecule has 0 spiro atoms. The number of benzene rings is 2. The van der Waals surface area contributed by atoms with Gasteiger partial charge in [0.25, 0.3) is 0 Å². The molecule has 168 valence electrons. The first kappa shape index (κ1) is 22.4. The highest BCUT2D eigenvalue weighted by atomic mass is 16.3. The summed E-state index contributed by atoms with van der Waals surface area (Å²) in [5.41, 5.74) is 3.19. The smallest absolute Gasteiger partial charge is 0.317 e. The van der Waals surface area contributed by atoms with Gasteiger partial charge in [0.1, 0.15) is 0 Å². The number of nitrogens with zero attached hydrogens (tertiary/aromatic N) is 2. The molecule has 3 atom stereocenters. The summed E-state index contributed by atoms with van der Waals surface area (Å²) < 4.78 is 0. The maximum absolute atomic E-state index is 12.7. The highest BCUT2D eigenvalue weighted by Crippen LogP contribution is 2.41. The Labute approximate surface area is 191 Å². The van der Waals surface area contributed by atoms with Crippen LogP contribution in [-0.4, -0.2) is 65.3 Å². The predicted molar refractivity (Wildman–Crippen MR) is 127 cm³/mol. The van der Waals surface area contributed by atoms with Crippen LogP contribution in [0.3, 0.4) is 0 Å². The predicted octanol–water partition coefficient (Wildman–Crippen LogP) is 3.43. The summed E-state index contributed by atoms with van der Waals surface area (Å²) in [6.07, 6.45) is 2.03. The zero-order valence-corrected chi connectivity index (χ0v) is 19.0. The Kier molecular flexibility index (Phi) is 7.14. The van der Waals surface area contributed by atoms with E-state index in [1.54, 1.807) is 0 Å². The summed E-state index contributed by atoms with van der Waals surface area (Å²) in [5, 5.41) is 13.2. The van der Waals surface area contributed by atoms with Crippen molar-refractivity contribution in [3.05, 3.63) is 71.3 Å². The van der Waals surface area contributed by atoms with Crippen LogP contribution in [0, 0.1) is 11.8 Å². The second-order valence-corrected chi connectivity index (χ2v) is 9.08. The minimum absolute atomic E-state index is 0.0135. The number of carbonyl (C=O) groups is 1. The highest BCUT2D eigenvalue weighted by molar-refractivity contribution is 5.74. The van der Waals surface area contributed by atoms with Crippen molar-refractivity contribution in [3.63, 3.8) is 0 Å². The van der Waals surface area contributed by atoms with Crippen LogP contribution in [0.4, 0.5) is 4.79 Å². The Morgan fingerprint density at radius 1 is 1.03 bits per heavy atom. The SMILES string of the molecule is CC(C)NC(=O)N1CCCCN2[C@H](CO)[C@H](c3ccc(C#Cc4ccccc4)cc3)[C@H]2C1. The number of amides is 2. The van der Waals surface area contributed by atoms with Gasteiger partial charge in [-0.3, -0.25) is 4.90 Å². The molecule has 0 saturated carbocycles. The van der Waals surface area contributed by atoms with Gasteiger partial charge in [0.05, 0.1) is 6.61 Å². The molecule has 0 aliphatic carbocycles. The molecule has 2 aliphatic heterocycles. The molecule has 2 fully saturated rings.